The van der Waals surface area contributed by atoms with E-state index in [4.69, 9.17) is 0 Å². The largest absolute Gasteiger partial charge is 0.349 e. The molecule has 0 saturated carbocycles. The second-order valence-electron chi connectivity index (χ2n) is 4.76. The first-order chi connectivity index (χ1) is 9.58. The number of thioether (sulfide) groups is 1. The van der Waals surface area contributed by atoms with Crippen molar-refractivity contribution in [3.05, 3.63) is 47.8 Å². The molecular formula is C15H19N3OS. The highest BCUT2D eigenvalue weighted by Crippen LogP contribution is 2.18. The molecule has 4 nitrogen and oxygen atoms in total. The normalized spacial score (nSPS) is 12.2. The SMILES string of the molecule is Cc1ccccc1C(C)NC(=O)CSc1nccn1C. The van der Waals surface area contributed by atoms with E-state index in [1.54, 1.807) is 6.20 Å². The second kappa shape index (κ2) is 6.61. The highest BCUT2D eigenvalue weighted by molar-refractivity contribution is 7.99. The third kappa shape index (κ3) is 3.63. The standard InChI is InChI=1S/C15H19N3OS/c1-11-6-4-5-7-13(11)12(2)17-14(19)10-20-15-16-8-9-18(15)3/h4-9,12H,10H2,1-3H3,(H,17,19). The van der Waals surface area contributed by atoms with Crippen LogP contribution in [0.5, 0.6) is 0 Å². The summed E-state index contributed by atoms with van der Waals surface area (Å²) in [5.74, 6) is 0.398. The van der Waals surface area contributed by atoms with Gasteiger partial charge in [0.05, 0.1) is 11.8 Å². The third-order valence-electron chi connectivity index (χ3n) is 3.14. The number of hydrogen-bond acceptors (Lipinski definition) is 3. The van der Waals surface area contributed by atoms with Gasteiger partial charge in [-0.1, -0.05) is 36.0 Å². The van der Waals surface area contributed by atoms with E-state index in [2.05, 4.69) is 23.3 Å². The van der Waals surface area contributed by atoms with Gasteiger partial charge in [0, 0.05) is 19.4 Å². The molecule has 0 spiro atoms. The summed E-state index contributed by atoms with van der Waals surface area (Å²) in [6.45, 7) is 4.06. The first-order valence-corrected chi connectivity index (χ1v) is 7.51. The van der Waals surface area contributed by atoms with Crippen LogP contribution in [0.1, 0.15) is 24.1 Å². The predicted octanol–water partition coefficient (Wildman–Crippen LogP) is 2.70. The molecule has 0 saturated heterocycles. The molecule has 0 fully saturated rings. The van der Waals surface area contributed by atoms with E-state index < -0.39 is 0 Å². The van der Waals surface area contributed by atoms with E-state index in [0.717, 1.165) is 10.7 Å². The van der Waals surface area contributed by atoms with Crippen LogP contribution in [0.15, 0.2) is 41.8 Å². The van der Waals surface area contributed by atoms with E-state index in [1.807, 2.05) is 42.9 Å². The molecule has 20 heavy (non-hydrogen) atoms. The fraction of sp³-hybridized carbons (Fsp3) is 0.333. The van der Waals surface area contributed by atoms with Crippen molar-refractivity contribution in [3.63, 3.8) is 0 Å². The summed E-state index contributed by atoms with van der Waals surface area (Å²) < 4.78 is 1.91. The number of carbonyl (C=O) groups is 1. The van der Waals surface area contributed by atoms with Gasteiger partial charge in [-0.3, -0.25) is 4.79 Å². The van der Waals surface area contributed by atoms with Crippen LogP contribution >= 0.6 is 11.8 Å². The van der Waals surface area contributed by atoms with E-state index in [1.165, 1.54) is 17.3 Å². The van der Waals surface area contributed by atoms with Crippen molar-refractivity contribution in [1.29, 1.82) is 0 Å². The van der Waals surface area contributed by atoms with Crippen LogP contribution in [0, 0.1) is 6.92 Å². The number of aromatic nitrogens is 2. The van der Waals surface area contributed by atoms with E-state index in [-0.39, 0.29) is 11.9 Å². The van der Waals surface area contributed by atoms with Gasteiger partial charge in [0.1, 0.15) is 0 Å². The van der Waals surface area contributed by atoms with E-state index >= 15 is 0 Å². The molecule has 5 heteroatoms. The highest BCUT2D eigenvalue weighted by Gasteiger charge is 2.12. The summed E-state index contributed by atoms with van der Waals surface area (Å²) >= 11 is 1.44. The lowest BCUT2D eigenvalue weighted by Gasteiger charge is -2.16. The van der Waals surface area contributed by atoms with Gasteiger partial charge in [-0.2, -0.15) is 0 Å². The zero-order valence-corrected chi connectivity index (χ0v) is 12.8. The average Bonchev–Trinajstić information content (AvgIpc) is 2.82. The number of carbonyl (C=O) groups excluding carboxylic acids is 1. The molecule has 1 atom stereocenters. The van der Waals surface area contributed by atoms with Crippen LogP contribution in [0.4, 0.5) is 0 Å². The number of benzene rings is 1. The maximum absolute atomic E-state index is 12.0. The van der Waals surface area contributed by atoms with E-state index in [9.17, 15) is 4.79 Å². The zero-order chi connectivity index (χ0) is 14.5. The lowest BCUT2D eigenvalue weighted by molar-refractivity contribution is -0.119. The monoisotopic (exact) mass is 289 g/mol. The Morgan fingerprint density at radius 2 is 2.20 bits per heavy atom. The van der Waals surface area contributed by atoms with Gasteiger partial charge < -0.3 is 9.88 Å². The maximum Gasteiger partial charge on any atom is 0.230 e. The molecule has 1 amide bonds. The Morgan fingerprint density at radius 1 is 1.45 bits per heavy atom. The minimum Gasteiger partial charge on any atom is -0.349 e. The molecule has 1 N–H and O–H groups in total. The minimum absolute atomic E-state index is 0.0191. The van der Waals surface area contributed by atoms with Crippen molar-refractivity contribution in [2.24, 2.45) is 7.05 Å². The summed E-state index contributed by atoms with van der Waals surface area (Å²) in [6, 6.07) is 8.12. The zero-order valence-electron chi connectivity index (χ0n) is 12.0. The molecule has 2 aromatic rings. The molecule has 1 unspecified atom stereocenters. The lowest BCUT2D eigenvalue weighted by Crippen LogP contribution is -2.28. The van der Waals surface area contributed by atoms with Crippen LogP contribution in [0.2, 0.25) is 0 Å². The Labute approximate surface area is 123 Å². The fourth-order valence-corrected chi connectivity index (χ4v) is 2.80. The van der Waals surface area contributed by atoms with Gasteiger partial charge in [0.2, 0.25) is 5.91 Å². The molecule has 0 bridgehead atoms. The molecular weight excluding hydrogens is 270 g/mol. The number of imidazole rings is 1. The van der Waals surface area contributed by atoms with Crippen molar-refractivity contribution in [3.8, 4) is 0 Å². The summed E-state index contributed by atoms with van der Waals surface area (Å²) in [5, 5.41) is 3.87. The molecule has 0 aliphatic heterocycles. The fourth-order valence-electron chi connectivity index (χ4n) is 2.05. The number of rotatable bonds is 5. The highest BCUT2D eigenvalue weighted by atomic mass is 32.2. The van der Waals surface area contributed by atoms with Gasteiger partial charge in [-0.05, 0) is 25.0 Å². The van der Waals surface area contributed by atoms with Gasteiger partial charge in [0.25, 0.3) is 0 Å². The Kier molecular flexibility index (Phi) is 4.84. The Balaban J connectivity index is 1.88. The van der Waals surface area contributed by atoms with Gasteiger partial charge in [0.15, 0.2) is 5.16 Å². The molecule has 1 aromatic heterocycles. The summed E-state index contributed by atoms with van der Waals surface area (Å²) in [6.07, 6.45) is 3.60. The number of nitrogens with zero attached hydrogens (tertiary/aromatic N) is 2. The number of aryl methyl sites for hydroxylation is 2. The van der Waals surface area contributed by atoms with Crippen molar-refractivity contribution >= 4 is 17.7 Å². The van der Waals surface area contributed by atoms with Crippen molar-refractivity contribution in [1.82, 2.24) is 14.9 Å². The van der Waals surface area contributed by atoms with Crippen LogP contribution < -0.4 is 5.32 Å². The topological polar surface area (TPSA) is 46.9 Å². The van der Waals surface area contributed by atoms with Gasteiger partial charge >= 0.3 is 0 Å². The predicted molar refractivity (Wildman–Crippen MR) is 81.7 cm³/mol. The first kappa shape index (κ1) is 14.7. The van der Waals surface area contributed by atoms with Gasteiger partial charge in [-0.25, -0.2) is 4.98 Å². The Bertz CT molecular complexity index is 594. The summed E-state index contributed by atoms with van der Waals surface area (Å²) in [5.41, 5.74) is 2.35. The van der Waals surface area contributed by atoms with Crippen molar-refractivity contribution < 1.29 is 4.79 Å². The molecule has 0 aliphatic carbocycles. The average molecular weight is 289 g/mol. The van der Waals surface area contributed by atoms with E-state index in [0.29, 0.717) is 5.75 Å². The van der Waals surface area contributed by atoms with Crippen LogP contribution in [0.3, 0.4) is 0 Å². The number of nitrogens with one attached hydrogen (secondary N) is 1. The van der Waals surface area contributed by atoms with Crippen molar-refractivity contribution in [2.45, 2.75) is 25.0 Å². The number of amides is 1. The molecule has 0 aliphatic rings. The molecule has 2 rings (SSSR count). The lowest BCUT2D eigenvalue weighted by atomic mass is 10.0. The summed E-state index contributed by atoms with van der Waals surface area (Å²) in [4.78, 5) is 16.2. The number of hydrogen-bond donors (Lipinski definition) is 1. The molecule has 106 valence electrons. The third-order valence-corrected chi connectivity index (χ3v) is 4.20. The smallest absolute Gasteiger partial charge is 0.230 e. The quantitative estimate of drug-likeness (QED) is 0.861. The van der Waals surface area contributed by atoms with Crippen LogP contribution in [-0.4, -0.2) is 21.2 Å². The van der Waals surface area contributed by atoms with Crippen LogP contribution in [-0.2, 0) is 11.8 Å². The molecule has 0 radical (unpaired) electrons. The van der Waals surface area contributed by atoms with Crippen LogP contribution in [0.25, 0.3) is 0 Å². The first-order valence-electron chi connectivity index (χ1n) is 6.53. The summed E-state index contributed by atoms with van der Waals surface area (Å²) in [7, 11) is 1.92. The maximum atomic E-state index is 12.0. The van der Waals surface area contributed by atoms with Crippen molar-refractivity contribution in [2.75, 3.05) is 5.75 Å². The second-order valence-corrected chi connectivity index (χ2v) is 5.70. The Morgan fingerprint density at radius 3 is 2.85 bits per heavy atom. The molecule has 1 heterocycles. The molecule has 1 aromatic carbocycles. The Hall–Kier alpha value is -1.75. The van der Waals surface area contributed by atoms with Gasteiger partial charge in [-0.15, -0.1) is 0 Å². The minimum atomic E-state index is 0.0191.